The Bertz CT molecular complexity index is 931. The van der Waals surface area contributed by atoms with E-state index >= 15 is 0 Å². The average molecular weight is 419 g/mol. The van der Waals surface area contributed by atoms with Crippen molar-refractivity contribution in [3.05, 3.63) is 57.6 Å². The molecule has 7 heteroatoms. The smallest absolute Gasteiger partial charge is 0.343 e. The standard InChI is InChI=1S/C22H23ClO6/c1-5-10(2)6-7-13-8-14-15(9-28-13)16-17(19(25)11(3)12(4)24)22(27)29-21(16)20(26)18(14)23/h6-12,21,24H,5H2,1-4H3/b7-6+. The van der Waals surface area contributed by atoms with Gasteiger partial charge in [-0.15, -0.1) is 0 Å². The number of halogens is 1. The lowest BCUT2D eigenvalue weighted by molar-refractivity contribution is -0.146. The first-order valence-electron chi connectivity index (χ1n) is 9.56. The van der Waals surface area contributed by atoms with Crippen LogP contribution < -0.4 is 0 Å². The third-order valence-corrected chi connectivity index (χ3v) is 5.84. The van der Waals surface area contributed by atoms with Gasteiger partial charge in [-0.05, 0) is 25.0 Å². The number of fused-ring (bicyclic) bond motifs is 3. The van der Waals surface area contributed by atoms with Crippen LogP contribution in [0.15, 0.2) is 57.6 Å². The van der Waals surface area contributed by atoms with E-state index in [1.165, 1.54) is 20.1 Å². The van der Waals surface area contributed by atoms with Gasteiger partial charge in [-0.1, -0.05) is 44.9 Å². The highest BCUT2D eigenvalue weighted by molar-refractivity contribution is 6.45. The largest absolute Gasteiger partial charge is 0.464 e. The maximum absolute atomic E-state index is 12.8. The van der Waals surface area contributed by atoms with Crippen molar-refractivity contribution in [3.63, 3.8) is 0 Å². The molecule has 0 radical (unpaired) electrons. The zero-order valence-electron chi connectivity index (χ0n) is 16.7. The molecular formula is C22H23ClO6. The van der Waals surface area contributed by atoms with Crippen LogP contribution in [0.4, 0.5) is 0 Å². The van der Waals surface area contributed by atoms with Gasteiger partial charge < -0.3 is 14.6 Å². The van der Waals surface area contributed by atoms with Crippen molar-refractivity contribution < 1.29 is 29.0 Å². The summed E-state index contributed by atoms with van der Waals surface area (Å²) in [4.78, 5) is 38.0. The van der Waals surface area contributed by atoms with Crippen LogP contribution in [0, 0.1) is 11.8 Å². The molecule has 3 aliphatic rings. The molecule has 6 nitrogen and oxygen atoms in total. The van der Waals surface area contributed by atoms with Crippen LogP contribution >= 0.6 is 11.6 Å². The van der Waals surface area contributed by atoms with E-state index in [0.717, 1.165) is 6.42 Å². The number of rotatable bonds is 6. The van der Waals surface area contributed by atoms with Gasteiger partial charge in [0.15, 0.2) is 11.9 Å². The molecule has 1 N–H and O–H groups in total. The number of hydrogen-bond acceptors (Lipinski definition) is 6. The van der Waals surface area contributed by atoms with E-state index in [4.69, 9.17) is 21.1 Å². The minimum atomic E-state index is -1.28. The van der Waals surface area contributed by atoms with Gasteiger partial charge in [-0.25, -0.2) is 4.79 Å². The zero-order valence-corrected chi connectivity index (χ0v) is 17.4. The lowest BCUT2D eigenvalue weighted by atomic mass is 9.81. The maximum atomic E-state index is 12.8. The summed E-state index contributed by atoms with van der Waals surface area (Å²) >= 11 is 6.28. The zero-order chi connectivity index (χ0) is 21.5. The Kier molecular flexibility index (Phi) is 5.96. The van der Waals surface area contributed by atoms with Crippen molar-refractivity contribution in [1.82, 2.24) is 0 Å². The molecule has 3 rings (SSSR count). The van der Waals surface area contributed by atoms with Gasteiger partial charge in [0.2, 0.25) is 5.78 Å². The minimum Gasteiger partial charge on any atom is -0.464 e. The van der Waals surface area contributed by atoms with E-state index < -0.39 is 35.7 Å². The fraction of sp³-hybridized carbons (Fsp3) is 0.409. The first-order chi connectivity index (χ1) is 13.7. The van der Waals surface area contributed by atoms with Gasteiger partial charge in [0, 0.05) is 22.6 Å². The van der Waals surface area contributed by atoms with Crippen molar-refractivity contribution in [2.24, 2.45) is 11.8 Å². The summed E-state index contributed by atoms with van der Waals surface area (Å²) in [6.07, 6.45) is 5.49. The van der Waals surface area contributed by atoms with Crippen LogP contribution in [0.3, 0.4) is 0 Å². The fourth-order valence-corrected chi connectivity index (χ4v) is 3.43. The Morgan fingerprint density at radius 1 is 1.31 bits per heavy atom. The Labute approximate surface area is 174 Å². The highest BCUT2D eigenvalue weighted by Gasteiger charge is 2.49. The summed E-state index contributed by atoms with van der Waals surface area (Å²) in [5.41, 5.74) is 0.664. The molecule has 2 aliphatic heterocycles. The highest BCUT2D eigenvalue weighted by atomic mass is 35.5. The van der Waals surface area contributed by atoms with E-state index in [9.17, 15) is 19.5 Å². The summed E-state index contributed by atoms with van der Waals surface area (Å²) in [6, 6.07) is 0. The number of aliphatic hydroxyl groups is 1. The summed E-state index contributed by atoms with van der Waals surface area (Å²) in [5.74, 6) is -2.06. The highest BCUT2D eigenvalue weighted by Crippen LogP contribution is 2.44. The van der Waals surface area contributed by atoms with Crippen LogP contribution in [0.5, 0.6) is 0 Å². The molecule has 0 aromatic rings. The second-order valence-electron chi connectivity index (χ2n) is 7.50. The number of Topliss-reactive ketones (excluding diaryl/α,β-unsaturated/α-hetero) is 2. The third kappa shape index (κ3) is 3.74. The van der Waals surface area contributed by atoms with Gasteiger partial charge in [-0.3, -0.25) is 9.59 Å². The second-order valence-corrected chi connectivity index (χ2v) is 7.88. The molecule has 4 atom stereocenters. The lowest BCUT2D eigenvalue weighted by Gasteiger charge is -2.26. The number of carbonyl (C=O) groups is 3. The molecule has 0 fully saturated rings. The van der Waals surface area contributed by atoms with Gasteiger partial charge in [0.05, 0.1) is 17.4 Å². The molecule has 0 bridgehead atoms. The monoisotopic (exact) mass is 418 g/mol. The van der Waals surface area contributed by atoms with Crippen LogP contribution in [0.25, 0.3) is 0 Å². The quantitative estimate of drug-likeness (QED) is 0.526. The second kappa shape index (κ2) is 8.13. The number of ketones is 2. The van der Waals surface area contributed by atoms with Crippen LogP contribution in [-0.2, 0) is 23.9 Å². The Balaban J connectivity index is 2.08. The fourth-order valence-electron chi connectivity index (χ4n) is 3.17. The molecule has 4 unspecified atom stereocenters. The van der Waals surface area contributed by atoms with Crippen LogP contribution in [-0.4, -0.2) is 34.9 Å². The number of hydrogen-bond donors (Lipinski definition) is 1. The van der Waals surface area contributed by atoms with Crippen molar-refractivity contribution in [2.75, 3.05) is 0 Å². The van der Waals surface area contributed by atoms with E-state index in [2.05, 4.69) is 13.8 Å². The SMILES string of the molecule is CCC(C)/C=C/C1=CC2=C(Cl)C(=O)C3OC(=O)C(C(=O)C(C)C(C)O)=C3C2=CO1. The summed E-state index contributed by atoms with van der Waals surface area (Å²) in [6.45, 7) is 7.11. The predicted molar refractivity (Wildman–Crippen MR) is 106 cm³/mol. The van der Waals surface area contributed by atoms with E-state index in [1.54, 1.807) is 12.2 Å². The lowest BCUT2D eigenvalue weighted by Crippen LogP contribution is -2.31. The predicted octanol–water partition coefficient (Wildman–Crippen LogP) is 3.27. The van der Waals surface area contributed by atoms with Gasteiger partial charge in [0.25, 0.3) is 0 Å². The number of carbonyl (C=O) groups excluding carboxylic acids is 3. The molecule has 0 aromatic carbocycles. The summed E-state index contributed by atoms with van der Waals surface area (Å²) in [7, 11) is 0. The van der Waals surface area contributed by atoms with E-state index in [1.807, 2.05) is 6.08 Å². The summed E-state index contributed by atoms with van der Waals surface area (Å²) in [5, 5.41) is 9.69. The normalized spacial score (nSPS) is 24.4. The van der Waals surface area contributed by atoms with Crippen LogP contribution in [0.2, 0.25) is 0 Å². The van der Waals surface area contributed by atoms with Crippen molar-refractivity contribution in [2.45, 2.75) is 46.3 Å². The third-order valence-electron chi connectivity index (χ3n) is 5.45. The molecule has 0 aromatic heterocycles. The van der Waals surface area contributed by atoms with Gasteiger partial charge >= 0.3 is 5.97 Å². The topological polar surface area (TPSA) is 89.9 Å². The molecule has 2 heterocycles. The molecule has 0 saturated carbocycles. The van der Waals surface area contributed by atoms with Crippen molar-refractivity contribution in [3.8, 4) is 0 Å². The molecule has 0 saturated heterocycles. The maximum Gasteiger partial charge on any atom is 0.343 e. The number of allylic oxidation sites excluding steroid dienone is 4. The van der Waals surface area contributed by atoms with Gasteiger partial charge in [0.1, 0.15) is 11.3 Å². The van der Waals surface area contributed by atoms with Crippen molar-refractivity contribution >= 4 is 29.1 Å². The Hall–Kier alpha value is -2.44. The summed E-state index contributed by atoms with van der Waals surface area (Å²) < 4.78 is 10.8. The minimum absolute atomic E-state index is 0.0761. The van der Waals surface area contributed by atoms with Crippen LogP contribution in [0.1, 0.15) is 34.1 Å². The molecular weight excluding hydrogens is 396 g/mol. The molecule has 154 valence electrons. The number of esters is 1. The Morgan fingerprint density at radius 3 is 2.62 bits per heavy atom. The van der Waals surface area contributed by atoms with Gasteiger partial charge in [-0.2, -0.15) is 0 Å². The number of ether oxygens (including phenoxy) is 2. The molecule has 29 heavy (non-hydrogen) atoms. The number of aliphatic hydroxyl groups excluding tert-OH is 1. The van der Waals surface area contributed by atoms with Crippen molar-refractivity contribution in [1.29, 1.82) is 0 Å². The van der Waals surface area contributed by atoms with E-state index in [0.29, 0.717) is 22.8 Å². The molecule has 0 amide bonds. The molecule has 0 spiro atoms. The Morgan fingerprint density at radius 2 is 2.00 bits per heavy atom. The van der Waals surface area contributed by atoms with E-state index in [-0.39, 0.29) is 16.2 Å². The molecule has 1 aliphatic carbocycles. The average Bonchev–Trinajstić information content (AvgIpc) is 3.05. The first-order valence-corrected chi connectivity index (χ1v) is 9.94. The first kappa shape index (κ1) is 21.3.